The lowest BCUT2D eigenvalue weighted by Crippen LogP contribution is -2.53. The van der Waals surface area contributed by atoms with Crippen LogP contribution in [0.3, 0.4) is 0 Å². The van der Waals surface area contributed by atoms with E-state index in [4.69, 9.17) is 9.84 Å². The summed E-state index contributed by atoms with van der Waals surface area (Å²) < 4.78 is 5.16. The minimum atomic E-state index is -0.919. The van der Waals surface area contributed by atoms with E-state index in [0.717, 1.165) is 25.9 Å². The molecule has 0 aromatic heterocycles. The Labute approximate surface area is 124 Å². The van der Waals surface area contributed by atoms with Crippen LogP contribution in [-0.4, -0.2) is 66.4 Å². The summed E-state index contributed by atoms with van der Waals surface area (Å²) in [6, 6.07) is -0.0870. The van der Waals surface area contributed by atoms with E-state index in [1.54, 1.807) is 0 Å². The van der Waals surface area contributed by atoms with Gasteiger partial charge < -0.3 is 20.5 Å². The molecule has 0 saturated carbocycles. The Balaban J connectivity index is 1.51. The van der Waals surface area contributed by atoms with Crippen LogP contribution in [0.1, 0.15) is 25.7 Å². The van der Waals surface area contributed by atoms with Crippen molar-refractivity contribution >= 4 is 12.0 Å². The van der Waals surface area contributed by atoms with Gasteiger partial charge in [0.25, 0.3) is 0 Å². The summed E-state index contributed by atoms with van der Waals surface area (Å²) in [6.45, 7) is 2.60. The van der Waals surface area contributed by atoms with Crippen molar-refractivity contribution in [1.29, 1.82) is 0 Å². The highest BCUT2D eigenvalue weighted by molar-refractivity contribution is 5.77. The third-order valence-corrected chi connectivity index (χ3v) is 4.89. The van der Waals surface area contributed by atoms with Gasteiger partial charge in [-0.3, -0.25) is 9.69 Å². The van der Waals surface area contributed by atoms with Gasteiger partial charge in [0.15, 0.2) is 0 Å². The molecule has 3 saturated heterocycles. The number of nitrogens with one attached hydrogen (secondary N) is 2. The summed E-state index contributed by atoms with van der Waals surface area (Å²) in [7, 11) is 0. The van der Waals surface area contributed by atoms with Gasteiger partial charge in [-0.25, -0.2) is 4.79 Å². The molecule has 7 heteroatoms. The first kappa shape index (κ1) is 14.6. The third kappa shape index (κ3) is 3.13. The number of nitrogens with zero attached hydrogens (tertiary/aromatic N) is 1. The van der Waals surface area contributed by atoms with Crippen molar-refractivity contribution < 1.29 is 19.4 Å². The Kier molecular flexibility index (Phi) is 4.30. The Morgan fingerprint density at radius 3 is 2.67 bits per heavy atom. The van der Waals surface area contributed by atoms with Gasteiger partial charge in [0.1, 0.15) is 5.92 Å². The summed E-state index contributed by atoms with van der Waals surface area (Å²) in [6.07, 6.45) is 4.57. The van der Waals surface area contributed by atoms with Crippen LogP contribution in [0.25, 0.3) is 0 Å². The maximum atomic E-state index is 12.1. The quantitative estimate of drug-likeness (QED) is 0.683. The van der Waals surface area contributed by atoms with E-state index < -0.39 is 17.9 Å². The molecule has 0 aromatic rings. The minimum Gasteiger partial charge on any atom is -0.481 e. The summed E-state index contributed by atoms with van der Waals surface area (Å²) in [5, 5.41) is 14.9. The first-order chi connectivity index (χ1) is 10.1. The molecule has 7 nitrogen and oxygen atoms in total. The van der Waals surface area contributed by atoms with Crippen molar-refractivity contribution in [3.63, 3.8) is 0 Å². The standard InChI is InChI=1S/C14H23N3O4/c18-13(19)9-7-21-8-11(9)16-14(20)15-10-4-6-17-5-2-1-3-12(10)17/h9-12H,1-8H2,(H,18,19)(H2,15,16,20). The number of fused-ring (bicyclic) bond motifs is 1. The molecule has 4 atom stereocenters. The maximum absolute atomic E-state index is 12.1. The Bertz CT molecular complexity index is 417. The van der Waals surface area contributed by atoms with Crippen LogP contribution in [0, 0.1) is 5.92 Å². The number of urea groups is 1. The zero-order valence-electron chi connectivity index (χ0n) is 12.1. The minimum absolute atomic E-state index is 0.167. The lowest BCUT2D eigenvalue weighted by Gasteiger charge is -2.32. The number of amides is 2. The molecule has 2 amide bonds. The molecule has 3 fully saturated rings. The van der Waals surface area contributed by atoms with E-state index in [-0.39, 0.29) is 25.3 Å². The molecular weight excluding hydrogens is 274 g/mol. The van der Waals surface area contributed by atoms with Crippen molar-refractivity contribution in [3.8, 4) is 0 Å². The van der Waals surface area contributed by atoms with Gasteiger partial charge in [-0.05, 0) is 25.8 Å². The zero-order chi connectivity index (χ0) is 14.8. The Hall–Kier alpha value is -1.34. The monoisotopic (exact) mass is 297 g/mol. The van der Waals surface area contributed by atoms with Crippen molar-refractivity contribution in [3.05, 3.63) is 0 Å². The molecule has 0 bridgehead atoms. The van der Waals surface area contributed by atoms with Crippen LogP contribution in [0.15, 0.2) is 0 Å². The fourth-order valence-corrected chi connectivity index (χ4v) is 3.73. The average Bonchev–Trinajstić information content (AvgIpc) is 3.06. The number of rotatable bonds is 3. The molecule has 3 aliphatic rings. The molecule has 0 spiro atoms. The smallest absolute Gasteiger partial charge is 0.315 e. The highest BCUT2D eigenvalue weighted by Gasteiger charge is 2.38. The Morgan fingerprint density at radius 2 is 1.86 bits per heavy atom. The van der Waals surface area contributed by atoms with Gasteiger partial charge in [0, 0.05) is 18.6 Å². The fourth-order valence-electron chi connectivity index (χ4n) is 3.73. The first-order valence-corrected chi connectivity index (χ1v) is 7.77. The molecule has 0 aliphatic carbocycles. The number of carboxylic acid groups (broad SMARTS) is 1. The highest BCUT2D eigenvalue weighted by Crippen LogP contribution is 2.27. The largest absolute Gasteiger partial charge is 0.481 e. The molecule has 0 aromatic carbocycles. The number of hydrogen-bond acceptors (Lipinski definition) is 4. The molecule has 3 aliphatic heterocycles. The second kappa shape index (κ2) is 6.19. The summed E-state index contributed by atoms with van der Waals surface area (Å²) in [5.41, 5.74) is 0. The second-order valence-corrected chi connectivity index (χ2v) is 6.20. The lowest BCUT2D eigenvalue weighted by atomic mass is 9.99. The Morgan fingerprint density at radius 1 is 1.05 bits per heavy atom. The van der Waals surface area contributed by atoms with Crippen LogP contribution in [0.5, 0.6) is 0 Å². The number of carbonyl (C=O) groups is 2. The van der Waals surface area contributed by atoms with Crippen LogP contribution < -0.4 is 10.6 Å². The van der Waals surface area contributed by atoms with Crippen molar-refractivity contribution in [2.45, 2.75) is 43.8 Å². The lowest BCUT2D eigenvalue weighted by molar-refractivity contribution is -0.142. The van der Waals surface area contributed by atoms with Crippen LogP contribution in [0.2, 0.25) is 0 Å². The third-order valence-electron chi connectivity index (χ3n) is 4.89. The highest BCUT2D eigenvalue weighted by atomic mass is 16.5. The normalized spacial score (nSPS) is 36.2. The van der Waals surface area contributed by atoms with Crippen molar-refractivity contribution in [1.82, 2.24) is 15.5 Å². The predicted octanol–water partition coefficient (Wildman–Crippen LogP) is 0.0120. The van der Waals surface area contributed by atoms with Gasteiger partial charge in [-0.15, -0.1) is 0 Å². The van der Waals surface area contributed by atoms with Gasteiger partial charge in [0.2, 0.25) is 0 Å². The van der Waals surface area contributed by atoms with Gasteiger partial charge >= 0.3 is 12.0 Å². The second-order valence-electron chi connectivity index (χ2n) is 6.20. The molecule has 118 valence electrons. The topological polar surface area (TPSA) is 90.9 Å². The fraction of sp³-hybridized carbons (Fsp3) is 0.857. The maximum Gasteiger partial charge on any atom is 0.315 e. The molecule has 3 heterocycles. The molecule has 3 rings (SSSR count). The van der Waals surface area contributed by atoms with E-state index in [0.29, 0.717) is 6.04 Å². The molecule has 3 N–H and O–H groups in total. The number of ether oxygens (including phenoxy) is 1. The van der Waals surface area contributed by atoms with Gasteiger partial charge in [-0.2, -0.15) is 0 Å². The number of carbonyl (C=O) groups excluding carboxylic acids is 1. The number of hydrogen-bond donors (Lipinski definition) is 3. The van der Waals surface area contributed by atoms with Crippen LogP contribution >= 0.6 is 0 Å². The van der Waals surface area contributed by atoms with Gasteiger partial charge in [-0.1, -0.05) is 6.42 Å². The summed E-state index contributed by atoms with van der Waals surface area (Å²) in [4.78, 5) is 25.6. The van der Waals surface area contributed by atoms with Crippen molar-refractivity contribution in [2.24, 2.45) is 5.92 Å². The summed E-state index contributed by atoms with van der Waals surface area (Å²) >= 11 is 0. The predicted molar refractivity (Wildman–Crippen MR) is 75.0 cm³/mol. The summed E-state index contributed by atoms with van der Waals surface area (Å²) in [5.74, 6) is -1.57. The number of carboxylic acids is 1. The van der Waals surface area contributed by atoms with Gasteiger partial charge in [0.05, 0.1) is 19.3 Å². The zero-order valence-corrected chi connectivity index (χ0v) is 12.1. The van der Waals surface area contributed by atoms with E-state index in [9.17, 15) is 9.59 Å². The van der Waals surface area contributed by atoms with E-state index >= 15 is 0 Å². The van der Waals surface area contributed by atoms with E-state index in [1.807, 2.05) is 0 Å². The molecule has 4 unspecified atom stereocenters. The SMILES string of the molecule is O=C(NC1COCC1C(=O)O)NC1CCN2CCCCC12. The molecule has 21 heavy (non-hydrogen) atoms. The van der Waals surface area contributed by atoms with E-state index in [1.165, 1.54) is 12.8 Å². The van der Waals surface area contributed by atoms with Crippen molar-refractivity contribution in [2.75, 3.05) is 26.3 Å². The molecule has 0 radical (unpaired) electrons. The van der Waals surface area contributed by atoms with Crippen LogP contribution in [0.4, 0.5) is 4.79 Å². The molecular formula is C14H23N3O4. The van der Waals surface area contributed by atoms with Crippen LogP contribution in [-0.2, 0) is 9.53 Å². The number of aliphatic carboxylic acids is 1. The average molecular weight is 297 g/mol. The van der Waals surface area contributed by atoms with E-state index in [2.05, 4.69) is 15.5 Å². The first-order valence-electron chi connectivity index (χ1n) is 7.77. The number of piperidine rings is 1.